The summed E-state index contributed by atoms with van der Waals surface area (Å²) in [7, 11) is 0. The summed E-state index contributed by atoms with van der Waals surface area (Å²) >= 11 is 9.27. The van der Waals surface area contributed by atoms with Gasteiger partial charge in [-0.3, -0.25) is 4.79 Å². The summed E-state index contributed by atoms with van der Waals surface area (Å²) in [5.41, 5.74) is 1.38. The van der Waals surface area contributed by atoms with Crippen molar-refractivity contribution >= 4 is 39.4 Å². The van der Waals surface area contributed by atoms with Gasteiger partial charge in [-0.1, -0.05) is 27.5 Å². The molecule has 0 bridgehead atoms. The van der Waals surface area contributed by atoms with Crippen molar-refractivity contribution in [2.45, 2.75) is 12.5 Å². The Morgan fingerprint density at radius 3 is 2.50 bits per heavy atom. The molecule has 122 valence electrons. The predicted octanol–water partition coefficient (Wildman–Crippen LogP) is 3.40. The molecule has 2 N–H and O–H groups in total. The van der Waals surface area contributed by atoms with Crippen LogP contribution in [0.25, 0.3) is 0 Å². The molecule has 0 spiro atoms. The van der Waals surface area contributed by atoms with Crippen LogP contribution in [0, 0.1) is 11.3 Å². The van der Waals surface area contributed by atoms with Crippen molar-refractivity contribution in [1.82, 2.24) is 5.32 Å². The van der Waals surface area contributed by atoms with Gasteiger partial charge in [0.15, 0.2) is 0 Å². The van der Waals surface area contributed by atoms with Gasteiger partial charge in [0.05, 0.1) is 11.6 Å². The van der Waals surface area contributed by atoms with Crippen LogP contribution in [0.5, 0.6) is 0 Å². The number of hydrogen-bond acceptors (Lipinski definition) is 3. The average molecular weight is 408 g/mol. The van der Waals surface area contributed by atoms with Crippen LogP contribution in [0.3, 0.4) is 0 Å². The molecule has 1 amide bonds. The number of carboxylic acid groups (broad SMARTS) is 1. The van der Waals surface area contributed by atoms with E-state index < -0.39 is 17.9 Å². The zero-order valence-electron chi connectivity index (χ0n) is 12.3. The molecule has 0 aliphatic heterocycles. The highest BCUT2D eigenvalue weighted by Crippen LogP contribution is 2.22. The average Bonchev–Trinajstić information content (AvgIpc) is 2.57. The molecule has 0 radical (unpaired) electrons. The first kappa shape index (κ1) is 18.0. The van der Waals surface area contributed by atoms with Crippen molar-refractivity contribution in [3.05, 3.63) is 68.7 Å². The number of aliphatic carboxylic acids is 1. The van der Waals surface area contributed by atoms with E-state index in [1.54, 1.807) is 18.2 Å². The molecule has 7 heteroatoms. The molecular weight excluding hydrogens is 396 g/mol. The lowest BCUT2D eigenvalue weighted by molar-refractivity contribution is -0.139. The molecule has 0 heterocycles. The van der Waals surface area contributed by atoms with Gasteiger partial charge in [0, 0.05) is 21.5 Å². The van der Waals surface area contributed by atoms with Crippen LogP contribution in [0.2, 0.25) is 5.02 Å². The van der Waals surface area contributed by atoms with Gasteiger partial charge in [-0.25, -0.2) is 4.79 Å². The number of carbonyl (C=O) groups excluding carboxylic acids is 1. The maximum absolute atomic E-state index is 12.2. The lowest BCUT2D eigenvalue weighted by Crippen LogP contribution is -2.42. The van der Waals surface area contributed by atoms with E-state index in [0.29, 0.717) is 20.6 Å². The van der Waals surface area contributed by atoms with Crippen molar-refractivity contribution in [1.29, 1.82) is 5.26 Å². The third kappa shape index (κ3) is 4.57. The van der Waals surface area contributed by atoms with Crippen molar-refractivity contribution in [3.8, 4) is 6.07 Å². The topological polar surface area (TPSA) is 90.2 Å². The van der Waals surface area contributed by atoms with E-state index in [1.807, 2.05) is 6.07 Å². The van der Waals surface area contributed by atoms with E-state index in [1.165, 1.54) is 24.3 Å². The van der Waals surface area contributed by atoms with Gasteiger partial charge in [0.25, 0.3) is 5.91 Å². The minimum absolute atomic E-state index is 0.0818. The van der Waals surface area contributed by atoms with E-state index >= 15 is 0 Å². The Morgan fingerprint density at radius 1 is 1.25 bits per heavy atom. The van der Waals surface area contributed by atoms with Crippen LogP contribution in [-0.4, -0.2) is 23.0 Å². The molecule has 0 aliphatic carbocycles. The third-order valence-corrected chi connectivity index (χ3v) is 4.32. The molecule has 24 heavy (non-hydrogen) atoms. The minimum atomic E-state index is -1.15. The largest absolute Gasteiger partial charge is 0.480 e. The Morgan fingerprint density at radius 2 is 1.92 bits per heavy atom. The molecule has 5 nitrogen and oxygen atoms in total. The fourth-order valence-electron chi connectivity index (χ4n) is 2.06. The molecule has 2 aromatic rings. The van der Waals surface area contributed by atoms with Crippen LogP contribution >= 0.6 is 27.5 Å². The number of rotatable bonds is 5. The van der Waals surface area contributed by atoms with Gasteiger partial charge in [-0.2, -0.15) is 5.26 Å². The lowest BCUT2D eigenvalue weighted by atomic mass is 10.1. The van der Waals surface area contributed by atoms with Gasteiger partial charge in [-0.15, -0.1) is 0 Å². The molecule has 2 rings (SSSR count). The third-order valence-electron chi connectivity index (χ3n) is 3.31. The summed E-state index contributed by atoms with van der Waals surface area (Å²) < 4.78 is 0.714. The molecule has 1 atom stereocenters. The number of carboxylic acids is 1. The second kappa shape index (κ2) is 7.95. The van der Waals surface area contributed by atoms with E-state index in [2.05, 4.69) is 21.2 Å². The molecule has 0 saturated carbocycles. The quantitative estimate of drug-likeness (QED) is 0.795. The Balaban J connectivity index is 2.16. The zero-order valence-corrected chi connectivity index (χ0v) is 14.6. The molecule has 0 aromatic heterocycles. The monoisotopic (exact) mass is 406 g/mol. The second-order valence-corrected chi connectivity index (χ2v) is 6.28. The Kier molecular flexibility index (Phi) is 5.96. The van der Waals surface area contributed by atoms with Crippen molar-refractivity contribution in [2.24, 2.45) is 0 Å². The number of hydrogen-bond donors (Lipinski definition) is 2. The standard InChI is InChI=1S/C17H12BrClN2O3/c18-14-6-5-13(19)7-12(14)8-15(17(23)24)21-16(22)11-3-1-10(9-20)2-4-11/h1-7,15H,8H2,(H,21,22)(H,23,24)/t15-/m0/s1. The summed E-state index contributed by atoms with van der Waals surface area (Å²) in [6.45, 7) is 0. The first-order valence-corrected chi connectivity index (χ1v) is 8.05. The molecular formula is C17H12BrClN2O3. The highest BCUT2D eigenvalue weighted by atomic mass is 79.9. The Hall–Kier alpha value is -2.36. The van der Waals surface area contributed by atoms with Crippen LogP contribution in [0.15, 0.2) is 46.9 Å². The predicted molar refractivity (Wildman–Crippen MR) is 92.9 cm³/mol. The van der Waals surface area contributed by atoms with Crippen LogP contribution < -0.4 is 5.32 Å². The number of amides is 1. The summed E-state index contributed by atoms with van der Waals surface area (Å²) in [6, 6.07) is 11.8. The summed E-state index contributed by atoms with van der Waals surface area (Å²) in [6.07, 6.45) is 0.0818. The fraction of sp³-hybridized carbons (Fsp3) is 0.118. The highest BCUT2D eigenvalue weighted by Gasteiger charge is 2.22. The van der Waals surface area contributed by atoms with Gasteiger partial charge in [-0.05, 0) is 48.0 Å². The normalized spacial score (nSPS) is 11.4. The van der Waals surface area contributed by atoms with Crippen LogP contribution in [0.4, 0.5) is 0 Å². The molecule has 0 unspecified atom stereocenters. The lowest BCUT2D eigenvalue weighted by Gasteiger charge is -2.16. The molecule has 2 aromatic carbocycles. The van der Waals surface area contributed by atoms with Gasteiger partial charge >= 0.3 is 5.97 Å². The van der Waals surface area contributed by atoms with E-state index in [0.717, 1.165) is 0 Å². The fourth-order valence-corrected chi connectivity index (χ4v) is 2.66. The first-order chi connectivity index (χ1) is 11.4. The van der Waals surface area contributed by atoms with Crippen LogP contribution in [-0.2, 0) is 11.2 Å². The maximum atomic E-state index is 12.2. The van der Waals surface area contributed by atoms with Crippen molar-refractivity contribution in [3.63, 3.8) is 0 Å². The molecule has 0 aliphatic rings. The number of nitrogens with zero attached hydrogens (tertiary/aromatic N) is 1. The summed E-state index contributed by atoms with van der Waals surface area (Å²) in [5.74, 6) is -1.67. The molecule has 0 saturated heterocycles. The second-order valence-electron chi connectivity index (χ2n) is 4.99. The van der Waals surface area contributed by atoms with Gasteiger partial charge in [0.1, 0.15) is 6.04 Å². The van der Waals surface area contributed by atoms with Crippen molar-refractivity contribution in [2.75, 3.05) is 0 Å². The zero-order chi connectivity index (χ0) is 17.7. The maximum Gasteiger partial charge on any atom is 0.326 e. The van der Waals surface area contributed by atoms with Crippen LogP contribution in [0.1, 0.15) is 21.5 Å². The number of nitrogens with one attached hydrogen (secondary N) is 1. The number of nitriles is 1. The number of benzene rings is 2. The highest BCUT2D eigenvalue weighted by molar-refractivity contribution is 9.10. The van der Waals surface area contributed by atoms with E-state index in [-0.39, 0.29) is 12.0 Å². The van der Waals surface area contributed by atoms with E-state index in [4.69, 9.17) is 16.9 Å². The minimum Gasteiger partial charge on any atom is -0.480 e. The SMILES string of the molecule is N#Cc1ccc(C(=O)N[C@@H](Cc2cc(Cl)ccc2Br)C(=O)O)cc1. The van der Waals surface area contributed by atoms with Crippen molar-refractivity contribution < 1.29 is 14.7 Å². The Bertz CT molecular complexity index is 816. The molecule has 0 fully saturated rings. The van der Waals surface area contributed by atoms with Gasteiger partial charge < -0.3 is 10.4 Å². The Labute approximate surface area is 152 Å². The van der Waals surface area contributed by atoms with E-state index in [9.17, 15) is 14.7 Å². The number of halogens is 2. The summed E-state index contributed by atoms with van der Waals surface area (Å²) in [5, 5.41) is 21.1. The van der Waals surface area contributed by atoms with Gasteiger partial charge in [0.2, 0.25) is 0 Å². The number of carbonyl (C=O) groups is 2. The summed E-state index contributed by atoms with van der Waals surface area (Å²) in [4.78, 5) is 23.7. The first-order valence-electron chi connectivity index (χ1n) is 6.88. The smallest absolute Gasteiger partial charge is 0.326 e.